The van der Waals surface area contributed by atoms with E-state index in [0.717, 1.165) is 36.0 Å². The molecule has 3 aromatic rings. The molecule has 1 unspecified atom stereocenters. The highest BCUT2D eigenvalue weighted by molar-refractivity contribution is 5.90. The molecule has 0 spiro atoms. The first-order chi connectivity index (χ1) is 15.7. The second-order valence-corrected chi connectivity index (χ2v) is 8.72. The number of pyridine rings is 1. The molecule has 0 N–H and O–H groups in total. The van der Waals surface area contributed by atoms with Gasteiger partial charge in [-0.2, -0.15) is 0 Å². The molecule has 0 amide bonds. The summed E-state index contributed by atoms with van der Waals surface area (Å²) in [6.07, 6.45) is 5.70. The van der Waals surface area contributed by atoms with Gasteiger partial charge in [-0.1, -0.05) is 24.3 Å². The van der Waals surface area contributed by atoms with E-state index in [2.05, 4.69) is 28.6 Å². The van der Waals surface area contributed by atoms with Gasteiger partial charge in [0, 0.05) is 23.7 Å². The van der Waals surface area contributed by atoms with Crippen LogP contribution in [0.25, 0.3) is 10.9 Å². The number of methoxy groups -OCH3 is 1. The zero-order valence-corrected chi connectivity index (χ0v) is 18.3. The predicted molar refractivity (Wildman–Crippen MR) is 125 cm³/mol. The lowest BCUT2D eigenvalue weighted by Gasteiger charge is -2.51. The highest BCUT2D eigenvalue weighted by atomic mass is 16.5. The predicted octanol–water partition coefficient (Wildman–Crippen LogP) is 5.04. The van der Waals surface area contributed by atoms with Gasteiger partial charge in [0.25, 0.3) is 0 Å². The van der Waals surface area contributed by atoms with E-state index >= 15 is 0 Å². The Labute approximate surface area is 188 Å². The monoisotopic (exact) mass is 428 g/mol. The van der Waals surface area contributed by atoms with Gasteiger partial charge < -0.3 is 9.47 Å². The Bertz CT molecular complexity index is 1120. The number of para-hydroxylation sites is 1. The molecular weight excluding hydrogens is 400 g/mol. The molecule has 32 heavy (non-hydrogen) atoms. The van der Waals surface area contributed by atoms with Gasteiger partial charge in [-0.15, -0.1) is 6.58 Å². The molecule has 1 aromatic heterocycles. The van der Waals surface area contributed by atoms with Gasteiger partial charge in [0.05, 0.1) is 24.2 Å². The van der Waals surface area contributed by atoms with Gasteiger partial charge >= 0.3 is 5.97 Å². The summed E-state index contributed by atoms with van der Waals surface area (Å²) in [5.74, 6) is 1.48. The van der Waals surface area contributed by atoms with Crippen LogP contribution in [-0.4, -0.2) is 42.1 Å². The van der Waals surface area contributed by atoms with E-state index in [1.807, 2.05) is 30.5 Å². The largest absolute Gasteiger partial charge is 0.497 e. The number of carbonyl (C=O) groups is 1. The molecule has 0 aliphatic carbocycles. The molecule has 5 atom stereocenters. The molecule has 6 rings (SSSR count). The highest BCUT2D eigenvalue weighted by Gasteiger charge is 2.44. The molecule has 5 nitrogen and oxygen atoms in total. The molecular formula is C27H28N2O3. The molecule has 2 bridgehead atoms. The molecule has 5 heteroatoms. The zero-order chi connectivity index (χ0) is 22.1. The van der Waals surface area contributed by atoms with Gasteiger partial charge in [0.1, 0.15) is 11.9 Å². The van der Waals surface area contributed by atoms with Crippen molar-refractivity contribution in [2.24, 2.45) is 11.8 Å². The van der Waals surface area contributed by atoms with E-state index in [1.54, 1.807) is 31.4 Å². The fourth-order valence-corrected chi connectivity index (χ4v) is 5.32. The van der Waals surface area contributed by atoms with E-state index in [-0.39, 0.29) is 18.1 Å². The second kappa shape index (κ2) is 8.75. The Balaban J connectivity index is 1.52. The fourth-order valence-electron chi connectivity index (χ4n) is 5.32. The summed E-state index contributed by atoms with van der Waals surface area (Å²) >= 11 is 0. The first-order valence-corrected chi connectivity index (χ1v) is 11.2. The van der Waals surface area contributed by atoms with Crippen molar-refractivity contribution in [1.82, 2.24) is 9.88 Å². The first-order valence-electron chi connectivity index (χ1n) is 11.2. The Hall–Kier alpha value is -3.18. The maximum atomic E-state index is 13.2. The van der Waals surface area contributed by atoms with Gasteiger partial charge in [-0.25, -0.2) is 4.79 Å². The minimum atomic E-state index is -0.369. The number of rotatable bonds is 6. The molecule has 0 saturated carbocycles. The topological polar surface area (TPSA) is 51.7 Å². The van der Waals surface area contributed by atoms with Crippen molar-refractivity contribution >= 4 is 16.9 Å². The summed E-state index contributed by atoms with van der Waals surface area (Å²) in [5.41, 5.74) is 2.45. The number of nitrogens with zero attached hydrogens (tertiary/aromatic N) is 2. The van der Waals surface area contributed by atoms with Crippen molar-refractivity contribution in [2.75, 3.05) is 20.2 Å². The van der Waals surface area contributed by atoms with E-state index in [4.69, 9.17) is 9.47 Å². The standard InChI is InChI=1S/C27H28N2O3/c1-3-18-17-29-15-13-20(18)16-25(29)26(23-12-14-28-24-7-5-4-6-22(23)24)32-27(30)19-8-10-21(31-2)11-9-19/h3-12,14,18,20,25-26H,1,13,15-17H2,2H3/t18-,20-,25-,26-/m0/s1. The Morgan fingerprint density at radius 1 is 1.19 bits per heavy atom. The van der Waals surface area contributed by atoms with Crippen LogP contribution < -0.4 is 4.74 Å². The van der Waals surface area contributed by atoms with Crippen molar-refractivity contribution in [3.63, 3.8) is 0 Å². The van der Waals surface area contributed by atoms with Gasteiger partial charge in [0.15, 0.2) is 0 Å². The normalized spacial score (nSPS) is 25.3. The van der Waals surface area contributed by atoms with Crippen molar-refractivity contribution < 1.29 is 14.3 Å². The smallest absolute Gasteiger partial charge is 0.338 e. The average molecular weight is 429 g/mol. The van der Waals surface area contributed by atoms with E-state index in [0.29, 0.717) is 23.1 Å². The lowest BCUT2D eigenvalue weighted by Crippen LogP contribution is -2.55. The van der Waals surface area contributed by atoms with Gasteiger partial charge in [0.2, 0.25) is 0 Å². The molecule has 2 aromatic carbocycles. The lowest BCUT2D eigenvalue weighted by atomic mass is 9.73. The van der Waals surface area contributed by atoms with Gasteiger partial charge in [-0.3, -0.25) is 9.88 Å². The van der Waals surface area contributed by atoms with Crippen molar-refractivity contribution in [1.29, 1.82) is 0 Å². The maximum absolute atomic E-state index is 13.2. The number of hydrogen-bond acceptors (Lipinski definition) is 5. The molecule has 0 radical (unpaired) electrons. The number of carbonyl (C=O) groups excluding carboxylic acids is 1. The number of fused-ring (bicyclic) bond motifs is 4. The highest BCUT2D eigenvalue weighted by Crippen LogP contribution is 2.43. The third kappa shape index (κ3) is 3.78. The van der Waals surface area contributed by atoms with Crippen LogP contribution in [0, 0.1) is 11.8 Å². The summed E-state index contributed by atoms with van der Waals surface area (Å²) in [6.45, 7) is 6.04. The average Bonchev–Trinajstić information content (AvgIpc) is 2.87. The van der Waals surface area contributed by atoms with Crippen molar-refractivity contribution in [3.8, 4) is 5.75 Å². The molecule has 4 heterocycles. The van der Waals surface area contributed by atoms with Crippen LogP contribution >= 0.6 is 0 Å². The van der Waals surface area contributed by atoms with Crippen LogP contribution in [0.15, 0.2) is 73.4 Å². The molecule has 164 valence electrons. The van der Waals surface area contributed by atoms with Crippen LogP contribution in [0.3, 0.4) is 0 Å². The van der Waals surface area contributed by atoms with Crippen molar-refractivity contribution in [3.05, 3.63) is 84.6 Å². The van der Waals surface area contributed by atoms with Crippen LogP contribution in [0.1, 0.15) is 34.9 Å². The van der Waals surface area contributed by atoms with E-state index in [1.165, 1.54) is 6.42 Å². The fraction of sp³-hybridized carbons (Fsp3) is 0.333. The molecule has 3 aliphatic heterocycles. The summed E-state index contributed by atoms with van der Waals surface area (Å²) in [5, 5.41) is 1.03. The first kappa shape index (κ1) is 20.7. The maximum Gasteiger partial charge on any atom is 0.338 e. The Morgan fingerprint density at radius 2 is 2.00 bits per heavy atom. The number of hydrogen-bond donors (Lipinski definition) is 0. The van der Waals surface area contributed by atoms with Crippen molar-refractivity contribution in [2.45, 2.75) is 25.0 Å². The lowest BCUT2D eigenvalue weighted by molar-refractivity contribution is -0.0568. The summed E-state index contributed by atoms with van der Waals surface area (Å²) in [7, 11) is 1.61. The minimum absolute atomic E-state index is 0.137. The zero-order valence-electron chi connectivity index (χ0n) is 18.3. The number of ether oxygens (including phenoxy) is 2. The van der Waals surface area contributed by atoms with Crippen LogP contribution in [0.4, 0.5) is 0 Å². The third-order valence-corrected chi connectivity index (χ3v) is 7.05. The Kier molecular flexibility index (Phi) is 5.66. The number of esters is 1. The summed E-state index contributed by atoms with van der Waals surface area (Å²) < 4.78 is 11.5. The minimum Gasteiger partial charge on any atom is -0.497 e. The summed E-state index contributed by atoms with van der Waals surface area (Å²) in [6, 6.07) is 17.3. The van der Waals surface area contributed by atoms with Crippen LogP contribution in [0.2, 0.25) is 0 Å². The third-order valence-electron chi connectivity index (χ3n) is 7.05. The second-order valence-electron chi connectivity index (χ2n) is 8.72. The molecule has 3 fully saturated rings. The molecule has 3 saturated heterocycles. The van der Waals surface area contributed by atoms with E-state index < -0.39 is 0 Å². The number of benzene rings is 2. The Morgan fingerprint density at radius 3 is 2.72 bits per heavy atom. The van der Waals surface area contributed by atoms with Crippen LogP contribution in [0.5, 0.6) is 5.75 Å². The number of piperidine rings is 3. The van der Waals surface area contributed by atoms with E-state index in [9.17, 15) is 4.79 Å². The summed E-state index contributed by atoms with van der Waals surface area (Å²) in [4.78, 5) is 20.2. The van der Waals surface area contributed by atoms with Crippen LogP contribution in [-0.2, 0) is 4.74 Å². The van der Waals surface area contributed by atoms with Gasteiger partial charge in [-0.05, 0) is 67.6 Å². The quantitative estimate of drug-likeness (QED) is 0.407. The SMILES string of the molecule is C=C[C@H]1CN2CC[C@H]1C[C@H]2[C@@H](OC(=O)c1ccc(OC)cc1)c1ccnc2ccccc12. The molecule has 3 aliphatic rings. The number of aromatic nitrogens is 1.